The van der Waals surface area contributed by atoms with Crippen LogP contribution >= 0.6 is 0 Å². The lowest BCUT2D eigenvalue weighted by atomic mass is 9.99. The van der Waals surface area contributed by atoms with E-state index in [9.17, 15) is 4.79 Å². The molecule has 5 heterocycles. The zero-order valence-electron chi connectivity index (χ0n) is 17.4. The molecule has 3 aromatic rings. The number of anilines is 2. The van der Waals surface area contributed by atoms with Gasteiger partial charge in [-0.15, -0.1) is 0 Å². The highest BCUT2D eigenvalue weighted by Crippen LogP contribution is 2.34. The van der Waals surface area contributed by atoms with Gasteiger partial charge in [0.05, 0.1) is 17.7 Å². The quantitative estimate of drug-likeness (QED) is 0.684. The fraction of sp³-hybridized carbons (Fsp3) is 0.364. The maximum Gasteiger partial charge on any atom is 0.310 e. The molecule has 1 N–H and O–H groups in total. The number of carboxylic acid groups (broad SMARTS) is 1. The number of aliphatic carboxylic acids is 1. The van der Waals surface area contributed by atoms with Crippen LogP contribution in [0.25, 0.3) is 11.6 Å². The third-order valence-corrected chi connectivity index (χ3v) is 5.96. The van der Waals surface area contributed by atoms with Crippen LogP contribution in [0.3, 0.4) is 0 Å². The van der Waals surface area contributed by atoms with Crippen LogP contribution in [0.5, 0.6) is 0 Å². The third kappa shape index (κ3) is 3.56. The average Bonchev–Trinajstić information content (AvgIpc) is 2.72. The Bertz CT molecular complexity index is 1130. The highest BCUT2D eigenvalue weighted by molar-refractivity contribution is 5.74. The van der Waals surface area contributed by atoms with Crippen molar-refractivity contribution in [3.63, 3.8) is 0 Å². The second-order valence-corrected chi connectivity index (χ2v) is 8.09. The van der Waals surface area contributed by atoms with E-state index in [-0.39, 0.29) is 12.0 Å². The highest BCUT2D eigenvalue weighted by atomic mass is 16.4. The van der Waals surface area contributed by atoms with Crippen molar-refractivity contribution in [1.82, 2.24) is 24.9 Å². The number of aryl methyl sites for hydroxylation is 1. The minimum atomic E-state index is -0.745. The first-order valence-electron chi connectivity index (χ1n) is 10.4. The maximum absolute atomic E-state index is 11.1. The van der Waals surface area contributed by atoms with Crippen molar-refractivity contribution >= 4 is 17.6 Å². The molecule has 0 spiro atoms. The Labute approximate surface area is 179 Å². The van der Waals surface area contributed by atoms with Crippen molar-refractivity contribution in [2.75, 3.05) is 29.4 Å². The van der Waals surface area contributed by atoms with Gasteiger partial charge in [0.1, 0.15) is 11.6 Å². The van der Waals surface area contributed by atoms with Crippen molar-refractivity contribution in [3.05, 3.63) is 53.6 Å². The molecule has 0 aromatic carbocycles. The summed E-state index contributed by atoms with van der Waals surface area (Å²) in [6, 6.07) is 5.93. The lowest BCUT2D eigenvalue weighted by Gasteiger charge is -2.39. The van der Waals surface area contributed by atoms with Gasteiger partial charge in [0.25, 0.3) is 0 Å². The van der Waals surface area contributed by atoms with E-state index in [0.29, 0.717) is 24.7 Å². The molecule has 158 valence electrons. The lowest BCUT2D eigenvalue weighted by molar-refractivity contribution is -0.142. The van der Waals surface area contributed by atoms with E-state index in [1.165, 1.54) is 0 Å². The van der Waals surface area contributed by atoms with Crippen LogP contribution < -0.4 is 9.80 Å². The summed E-state index contributed by atoms with van der Waals surface area (Å²) in [6.45, 7) is 5.96. The zero-order valence-corrected chi connectivity index (χ0v) is 17.4. The Morgan fingerprint density at radius 2 is 1.81 bits per heavy atom. The molecule has 1 atom stereocenters. The normalized spacial score (nSPS) is 18.5. The second kappa shape index (κ2) is 7.57. The van der Waals surface area contributed by atoms with Crippen LogP contribution in [0.2, 0.25) is 0 Å². The zero-order chi connectivity index (χ0) is 21.5. The first kappa shape index (κ1) is 19.3. The van der Waals surface area contributed by atoms with E-state index in [4.69, 9.17) is 15.1 Å². The molecule has 2 aliphatic heterocycles. The smallest absolute Gasteiger partial charge is 0.310 e. The van der Waals surface area contributed by atoms with Gasteiger partial charge >= 0.3 is 5.97 Å². The number of hydrogen-bond donors (Lipinski definition) is 1. The predicted octanol–water partition coefficient (Wildman–Crippen LogP) is 2.28. The van der Waals surface area contributed by atoms with E-state index in [1.54, 1.807) is 18.5 Å². The van der Waals surface area contributed by atoms with Gasteiger partial charge in [-0.2, -0.15) is 0 Å². The van der Waals surface area contributed by atoms with Gasteiger partial charge in [-0.05, 0) is 37.6 Å². The number of carbonyl (C=O) groups is 1. The summed E-state index contributed by atoms with van der Waals surface area (Å²) in [5, 5.41) is 9.16. The average molecular weight is 417 g/mol. The van der Waals surface area contributed by atoms with Gasteiger partial charge in [-0.25, -0.2) is 24.9 Å². The topological polar surface area (TPSA) is 108 Å². The van der Waals surface area contributed by atoms with Crippen molar-refractivity contribution in [3.8, 4) is 11.6 Å². The lowest BCUT2D eigenvalue weighted by Crippen LogP contribution is -2.51. The number of nitrogens with zero attached hydrogens (tertiary/aromatic N) is 7. The van der Waals surface area contributed by atoms with Crippen molar-refractivity contribution in [1.29, 1.82) is 0 Å². The Balaban J connectivity index is 1.40. The molecule has 0 amide bonds. The molecule has 3 aromatic heterocycles. The monoisotopic (exact) mass is 417 g/mol. The molecule has 0 bridgehead atoms. The number of rotatable bonds is 4. The number of aromatic nitrogens is 5. The first-order chi connectivity index (χ1) is 15.0. The molecular formula is C22H23N7O2. The van der Waals surface area contributed by atoms with Crippen LogP contribution in [0, 0.1) is 12.8 Å². The first-order valence-corrected chi connectivity index (χ1v) is 10.4. The van der Waals surface area contributed by atoms with Gasteiger partial charge in [-0.3, -0.25) is 4.79 Å². The summed E-state index contributed by atoms with van der Waals surface area (Å²) in [7, 11) is 0. The van der Waals surface area contributed by atoms with E-state index in [1.807, 2.05) is 24.1 Å². The molecule has 2 aliphatic rings. The Morgan fingerprint density at radius 3 is 2.55 bits per heavy atom. The summed E-state index contributed by atoms with van der Waals surface area (Å²) < 4.78 is 0. The van der Waals surface area contributed by atoms with Crippen molar-refractivity contribution in [2.45, 2.75) is 26.3 Å². The molecule has 31 heavy (non-hydrogen) atoms. The molecule has 0 radical (unpaired) electrons. The molecule has 9 nitrogen and oxygen atoms in total. The van der Waals surface area contributed by atoms with Crippen molar-refractivity contribution < 1.29 is 9.90 Å². The number of fused-ring (bicyclic) bond motifs is 1. The molecule has 1 saturated heterocycles. The van der Waals surface area contributed by atoms with Crippen LogP contribution in [0.1, 0.15) is 29.8 Å². The van der Waals surface area contributed by atoms with Crippen LogP contribution in [0.15, 0.2) is 36.8 Å². The van der Waals surface area contributed by atoms with Gasteiger partial charge in [0.15, 0.2) is 11.6 Å². The Morgan fingerprint density at radius 1 is 1.06 bits per heavy atom. The minimum absolute atomic E-state index is 0.0693. The van der Waals surface area contributed by atoms with E-state index in [2.05, 4.69) is 32.8 Å². The van der Waals surface area contributed by atoms with Gasteiger partial charge < -0.3 is 14.9 Å². The van der Waals surface area contributed by atoms with Crippen molar-refractivity contribution in [2.24, 2.45) is 5.92 Å². The maximum atomic E-state index is 11.1. The van der Waals surface area contributed by atoms with Gasteiger partial charge in [0.2, 0.25) is 0 Å². The number of hydrogen-bond acceptors (Lipinski definition) is 8. The molecule has 0 saturated carbocycles. The van der Waals surface area contributed by atoms with Crippen LogP contribution in [0.4, 0.5) is 11.6 Å². The standard InChI is InChI=1S/C22H23N7O2/c1-13-8-18(28-11-15(12-28)22(30)31)27-19(9-13)29-7-4-17-16(14(29)2)10-25-21(26-17)20-23-5-3-6-24-20/h3,5-6,8-10,14-15H,4,7,11-12H2,1-2H3,(H,30,31). The summed E-state index contributed by atoms with van der Waals surface area (Å²) >= 11 is 0. The van der Waals surface area contributed by atoms with Gasteiger partial charge in [-0.1, -0.05) is 0 Å². The Kier molecular flexibility index (Phi) is 4.72. The SMILES string of the molecule is Cc1cc(N2CC(C(=O)O)C2)nc(N2CCc3nc(-c4ncccn4)ncc3C2C)c1. The molecule has 5 rings (SSSR count). The minimum Gasteiger partial charge on any atom is -0.481 e. The summed E-state index contributed by atoms with van der Waals surface area (Å²) in [5.41, 5.74) is 3.19. The summed E-state index contributed by atoms with van der Waals surface area (Å²) in [4.78, 5) is 38.0. The Hall–Kier alpha value is -3.62. The van der Waals surface area contributed by atoms with Crippen LogP contribution in [-0.2, 0) is 11.2 Å². The molecule has 9 heteroatoms. The number of carboxylic acids is 1. The number of pyridine rings is 1. The van der Waals surface area contributed by atoms with Crippen LogP contribution in [-0.4, -0.2) is 55.6 Å². The molecule has 1 unspecified atom stereocenters. The fourth-order valence-electron chi connectivity index (χ4n) is 4.16. The van der Waals surface area contributed by atoms with E-state index >= 15 is 0 Å². The van der Waals surface area contributed by atoms with E-state index < -0.39 is 5.97 Å². The largest absolute Gasteiger partial charge is 0.481 e. The predicted molar refractivity (Wildman–Crippen MR) is 115 cm³/mol. The summed E-state index contributed by atoms with van der Waals surface area (Å²) in [5.74, 6) is 1.74. The molecule has 1 fully saturated rings. The second-order valence-electron chi connectivity index (χ2n) is 8.09. The molecular weight excluding hydrogens is 394 g/mol. The highest BCUT2D eigenvalue weighted by Gasteiger charge is 2.34. The summed E-state index contributed by atoms with van der Waals surface area (Å²) in [6.07, 6.45) is 6.02. The molecule has 0 aliphatic carbocycles. The van der Waals surface area contributed by atoms with E-state index in [0.717, 1.165) is 41.4 Å². The van der Waals surface area contributed by atoms with Gasteiger partial charge in [0, 0.05) is 50.2 Å². The third-order valence-electron chi connectivity index (χ3n) is 5.96. The fourth-order valence-corrected chi connectivity index (χ4v) is 4.16.